The van der Waals surface area contributed by atoms with E-state index in [9.17, 15) is 23.2 Å². The molecule has 0 aromatic heterocycles. The minimum Gasteiger partial charge on any atom is -0.490 e. The predicted octanol–water partition coefficient (Wildman–Crippen LogP) is 10.2. The maximum Gasteiger partial charge on any atom is 0.488 e. The van der Waals surface area contributed by atoms with Gasteiger partial charge in [0.25, 0.3) is 0 Å². The minimum atomic E-state index is -1.50. The average Bonchev–Trinajstić information content (AvgIpc) is 3.25. The molecule has 2 fully saturated rings. The van der Waals surface area contributed by atoms with Crippen LogP contribution in [-0.2, 0) is 16.1 Å². The number of benzene rings is 4. The second kappa shape index (κ2) is 28.0. The highest BCUT2D eigenvalue weighted by Gasteiger charge is 2.31. The summed E-state index contributed by atoms with van der Waals surface area (Å²) in [6, 6.07) is 23.7. The fraction of sp³-hybridized carbons (Fsp3) is 0.481. The third-order valence-electron chi connectivity index (χ3n) is 11.9. The van der Waals surface area contributed by atoms with E-state index in [1.807, 2.05) is 36.4 Å². The van der Waals surface area contributed by atoms with Crippen LogP contribution in [0.5, 0.6) is 11.5 Å². The first-order chi connectivity index (χ1) is 31.6. The van der Waals surface area contributed by atoms with Crippen molar-refractivity contribution in [2.24, 2.45) is 28.4 Å². The highest BCUT2D eigenvalue weighted by molar-refractivity contribution is 9.10. The first-order valence-corrected chi connectivity index (χ1v) is 23.8. The Bertz CT molecular complexity index is 2130. The van der Waals surface area contributed by atoms with Gasteiger partial charge in [0, 0.05) is 41.8 Å². The fourth-order valence-corrected chi connectivity index (χ4v) is 8.52. The van der Waals surface area contributed by atoms with Crippen LogP contribution in [0.1, 0.15) is 122 Å². The van der Waals surface area contributed by atoms with Crippen LogP contribution in [0.4, 0.5) is 8.78 Å². The zero-order valence-electron chi connectivity index (χ0n) is 39.8. The van der Waals surface area contributed by atoms with Gasteiger partial charge in [-0.15, -0.1) is 0 Å². The van der Waals surface area contributed by atoms with Gasteiger partial charge in [-0.25, -0.2) is 8.78 Å². The Balaban J connectivity index is 0.000000278. The molecular weight excluding hydrogens is 925 g/mol. The van der Waals surface area contributed by atoms with Crippen molar-refractivity contribution >= 4 is 46.7 Å². The number of halogens is 3. The number of carboxylic acid groups (broad SMARTS) is 2. The van der Waals surface area contributed by atoms with Crippen LogP contribution in [0, 0.1) is 34.3 Å². The van der Waals surface area contributed by atoms with Gasteiger partial charge in [0.1, 0.15) is 29.4 Å². The molecule has 6 rings (SSSR count). The molecule has 0 radical (unpaired) electrons. The van der Waals surface area contributed by atoms with E-state index >= 15 is 0 Å². The highest BCUT2D eigenvalue weighted by atomic mass is 79.9. The van der Waals surface area contributed by atoms with Crippen LogP contribution in [0.3, 0.4) is 0 Å². The molecule has 0 saturated heterocycles. The maximum absolute atomic E-state index is 14.4. The monoisotopic (exact) mass is 994 g/mol. The van der Waals surface area contributed by atoms with E-state index in [0.29, 0.717) is 58.6 Å². The Kier molecular flexibility index (Phi) is 23.7. The zero-order valence-corrected chi connectivity index (χ0v) is 41.4. The van der Waals surface area contributed by atoms with E-state index in [1.54, 1.807) is 12.1 Å². The second-order valence-corrected chi connectivity index (χ2v) is 20.2. The molecule has 4 aromatic rings. The quantitative estimate of drug-likeness (QED) is 0.0401. The molecule has 67 heavy (non-hydrogen) atoms. The first kappa shape index (κ1) is 56.7. The Morgan fingerprint density at radius 2 is 1.24 bits per heavy atom. The molecule has 0 heterocycles. The van der Waals surface area contributed by atoms with Gasteiger partial charge in [0.15, 0.2) is 0 Å². The van der Waals surface area contributed by atoms with Gasteiger partial charge in [-0.1, -0.05) is 99.9 Å². The van der Waals surface area contributed by atoms with Crippen molar-refractivity contribution in [3.63, 3.8) is 0 Å². The normalized spacial score (nSPS) is 18.0. The van der Waals surface area contributed by atoms with Crippen molar-refractivity contribution < 1.29 is 52.9 Å². The summed E-state index contributed by atoms with van der Waals surface area (Å²) in [6.07, 6.45) is 10.0. The standard InChI is InChI=1S/C26H34FNO3.C16H22BrFO.C7H7BO3.C3H7NO2/c1-26(2,3)21-7-9-23(10-8-21)31-24-15-20(14-22(27)16-24)19-6-4-5-18(13-19)17-28-12-11-25(29)30;1-16(2,3)11-4-6-14(7-5-11)19-15-9-12(17)8-13(18)10-15;9-5-6-2-1-3-7(4-6)8(10)11;4-2-1-3(5)6/h4-6,13-16,21,23,28H,7-12,17H2,1-3H3,(H,29,30);8-11,14H,4-7H2,1-3H3;1-5,10-11H;1-2,4H2,(H,5,6). The summed E-state index contributed by atoms with van der Waals surface area (Å²) in [7, 11) is -1.50. The summed E-state index contributed by atoms with van der Waals surface area (Å²) < 4.78 is 40.5. The van der Waals surface area contributed by atoms with Gasteiger partial charge in [0.05, 0.1) is 25.0 Å². The SMILES string of the molecule is CC(C)(C)C1CCC(Oc2cc(F)cc(-c3cccc(CNCCC(=O)O)c3)c2)CC1.CC(C)(C)C1CCC(Oc2cc(F)cc(Br)c2)CC1.NCCC(=O)O.O=Cc1cccc(B(O)O)c1. The number of carbonyl (C=O) groups is 3. The van der Waals surface area contributed by atoms with Gasteiger partial charge in [0.2, 0.25) is 0 Å². The van der Waals surface area contributed by atoms with E-state index in [-0.39, 0.29) is 43.2 Å². The summed E-state index contributed by atoms with van der Waals surface area (Å²) in [5, 5.41) is 37.1. The van der Waals surface area contributed by atoms with E-state index in [1.165, 1.54) is 49.2 Å². The van der Waals surface area contributed by atoms with Gasteiger partial charge >= 0.3 is 19.1 Å². The van der Waals surface area contributed by atoms with Crippen molar-refractivity contribution in [1.29, 1.82) is 0 Å². The Labute approximate surface area is 404 Å². The molecule has 2 aliphatic carbocycles. The lowest BCUT2D eigenvalue weighted by Gasteiger charge is -2.37. The van der Waals surface area contributed by atoms with Crippen LogP contribution in [0.15, 0.2) is 89.4 Å². The molecule has 2 saturated carbocycles. The number of carbonyl (C=O) groups excluding carboxylic acids is 1. The Morgan fingerprint density at radius 3 is 1.70 bits per heavy atom. The van der Waals surface area contributed by atoms with E-state index in [4.69, 9.17) is 35.5 Å². The van der Waals surface area contributed by atoms with Crippen LogP contribution in [-0.4, -0.2) is 70.9 Å². The minimum absolute atomic E-state index is 0.0694. The molecule has 0 bridgehead atoms. The van der Waals surface area contributed by atoms with Gasteiger partial charge in [-0.3, -0.25) is 14.4 Å². The summed E-state index contributed by atoms with van der Waals surface area (Å²) in [4.78, 5) is 30.4. The molecule has 4 aromatic carbocycles. The summed E-state index contributed by atoms with van der Waals surface area (Å²) >= 11 is 3.29. The van der Waals surface area contributed by atoms with E-state index in [0.717, 1.165) is 65.6 Å². The average molecular weight is 996 g/mol. The first-order valence-electron chi connectivity index (χ1n) is 23.0. The molecule has 2 aliphatic rings. The molecule has 0 atom stereocenters. The van der Waals surface area contributed by atoms with Gasteiger partial charge in [-0.2, -0.15) is 0 Å². The number of hydrogen-bond donors (Lipinski definition) is 6. The Hall–Kier alpha value is -4.67. The van der Waals surface area contributed by atoms with Crippen molar-refractivity contribution in [3.8, 4) is 22.6 Å². The molecule has 0 aliphatic heterocycles. The number of carboxylic acids is 2. The maximum atomic E-state index is 14.4. The van der Waals surface area contributed by atoms with Crippen molar-refractivity contribution in [1.82, 2.24) is 5.32 Å². The molecule has 0 amide bonds. The lowest BCUT2D eigenvalue weighted by Crippen LogP contribution is -2.30. The third-order valence-corrected chi connectivity index (χ3v) is 12.4. The number of aliphatic carboxylic acids is 2. The summed E-state index contributed by atoms with van der Waals surface area (Å²) in [6.45, 7) is 15.0. The second-order valence-electron chi connectivity index (χ2n) is 19.3. The fourth-order valence-electron chi connectivity index (χ4n) is 8.08. The molecule has 366 valence electrons. The number of aldehydes is 1. The van der Waals surface area contributed by atoms with Gasteiger partial charge < -0.3 is 40.8 Å². The molecule has 15 heteroatoms. The van der Waals surface area contributed by atoms with Crippen molar-refractivity contribution in [3.05, 3.63) is 112 Å². The largest absolute Gasteiger partial charge is 0.490 e. The van der Waals surface area contributed by atoms with Crippen LogP contribution >= 0.6 is 15.9 Å². The van der Waals surface area contributed by atoms with Crippen LogP contribution < -0.4 is 26.0 Å². The van der Waals surface area contributed by atoms with Crippen molar-refractivity contribution in [2.45, 2.75) is 125 Å². The van der Waals surface area contributed by atoms with Crippen molar-refractivity contribution in [2.75, 3.05) is 13.1 Å². The topological polar surface area (TPSA) is 189 Å². The van der Waals surface area contributed by atoms with Crippen LogP contribution in [0.2, 0.25) is 0 Å². The lowest BCUT2D eigenvalue weighted by atomic mass is 9.72. The summed E-state index contributed by atoms with van der Waals surface area (Å²) in [5.74, 6) is 0.477. The highest BCUT2D eigenvalue weighted by Crippen LogP contribution is 2.40. The van der Waals surface area contributed by atoms with Crippen LogP contribution in [0.25, 0.3) is 11.1 Å². The zero-order chi connectivity index (χ0) is 49.7. The number of nitrogens with two attached hydrogens (primary N) is 1. The molecule has 0 spiro atoms. The number of rotatable bonds is 14. The lowest BCUT2D eigenvalue weighted by molar-refractivity contribution is -0.137. The molecule has 7 N–H and O–H groups in total. The van der Waals surface area contributed by atoms with E-state index < -0.39 is 19.1 Å². The Morgan fingerprint density at radius 1 is 0.716 bits per heavy atom. The van der Waals surface area contributed by atoms with Gasteiger partial charge in [-0.05, 0) is 127 Å². The summed E-state index contributed by atoms with van der Waals surface area (Å²) in [5.41, 5.74) is 9.04. The number of hydrogen-bond acceptors (Lipinski definition) is 9. The number of ether oxygens (including phenoxy) is 2. The third kappa shape index (κ3) is 21.9. The number of nitrogens with one attached hydrogen (secondary N) is 1. The predicted molar refractivity (Wildman–Crippen MR) is 265 cm³/mol. The van der Waals surface area contributed by atoms with E-state index in [2.05, 4.69) is 62.8 Å². The molecule has 0 unspecified atom stereocenters. The molecule has 11 nitrogen and oxygen atoms in total. The molecular formula is C52H70BBrF2N2O9. The smallest absolute Gasteiger partial charge is 0.488 e.